The summed E-state index contributed by atoms with van der Waals surface area (Å²) in [6, 6.07) is 9.36. The minimum Gasteiger partial charge on any atom is -0.493 e. The number of carbonyl (C=O) groups excluding carboxylic acids is 1. The van der Waals surface area contributed by atoms with E-state index < -0.39 is 0 Å². The maximum absolute atomic E-state index is 11.5. The Morgan fingerprint density at radius 1 is 1.32 bits per heavy atom. The van der Waals surface area contributed by atoms with Gasteiger partial charge >= 0.3 is 0 Å². The number of hydrogen-bond donors (Lipinski definition) is 0. The molecule has 1 aromatic carbocycles. The van der Waals surface area contributed by atoms with E-state index in [-0.39, 0.29) is 5.78 Å². The summed E-state index contributed by atoms with van der Waals surface area (Å²) in [4.78, 5) is 15.6. The highest BCUT2D eigenvalue weighted by Crippen LogP contribution is 2.30. The third-order valence-electron chi connectivity index (χ3n) is 2.82. The fourth-order valence-electron chi connectivity index (χ4n) is 1.83. The molecule has 19 heavy (non-hydrogen) atoms. The third kappa shape index (κ3) is 3.19. The lowest BCUT2D eigenvalue weighted by atomic mass is 10.0. The van der Waals surface area contributed by atoms with Crippen molar-refractivity contribution in [3.8, 4) is 16.9 Å². The average Bonchev–Trinajstić information content (AvgIpc) is 2.45. The van der Waals surface area contributed by atoms with Crippen LogP contribution in [0.1, 0.15) is 30.6 Å². The molecule has 3 nitrogen and oxygen atoms in total. The standard InChI is InChI=1S/C16H17NO2/c1-3-9-19-16-7-6-13(12(2)18)10-15(16)14-5-4-8-17-11-14/h4-8,10-11H,3,9H2,1-2H3. The van der Waals surface area contributed by atoms with Gasteiger partial charge in [-0.05, 0) is 37.6 Å². The van der Waals surface area contributed by atoms with Crippen molar-refractivity contribution in [2.75, 3.05) is 6.61 Å². The third-order valence-corrected chi connectivity index (χ3v) is 2.82. The van der Waals surface area contributed by atoms with Crippen LogP contribution in [0.4, 0.5) is 0 Å². The molecule has 0 aliphatic rings. The van der Waals surface area contributed by atoms with Crippen LogP contribution < -0.4 is 4.74 Å². The zero-order chi connectivity index (χ0) is 13.7. The molecule has 98 valence electrons. The zero-order valence-electron chi connectivity index (χ0n) is 11.2. The van der Waals surface area contributed by atoms with E-state index in [1.807, 2.05) is 24.3 Å². The molecule has 0 N–H and O–H groups in total. The Labute approximate surface area is 113 Å². The van der Waals surface area contributed by atoms with Gasteiger partial charge in [0.2, 0.25) is 0 Å². The molecule has 0 radical (unpaired) electrons. The highest BCUT2D eigenvalue weighted by Gasteiger charge is 2.09. The van der Waals surface area contributed by atoms with Gasteiger partial charge in [0.05, 0.1) is 6.61 Å². The van der Waals surface area contributed by atoms with Gasteiger partial charge in [-0.15, -0.1) is 0 Å². The van der Waals surface area contributed by atoms with Crippen LogP contribution in [-0.2, 0) is 0 Å². The van der Waals surface area contributed by atoms with Crippen molar-refractivity contribution in [1.82, 2.24) is 4.98 Å². The molecular weight excluding hydrogens is 238 g/mol. The Kier molecular flexibility index (Phi) is 4.29. The molecule has 0 spiro atoms. The normalized spacial score (nSPS) is 10.2. The molecule has 0 saturated heterocycles. The van der Waals surface area contributed by atoms with Gasteiger partial charge in [0, 0.05) is 29.1 Å². The number of pyridine rings is 1. The van der Waals surface area contributed by atoms with E-state index in [9.17, 15) is 4.79 Å². The molecule has 0 atom stereocenters. The summed E-state index contributed by atoms with van der Waals surface area (Å²) in [6.45, 7) is 4.29. The quantitative estimate of drug-likeness (QED) is 0.764. The molecule has 0 aliphatic carbocycles. The number of rotatable bonds is 5. The van der Waals surface area contributed by atoms with Crippen LogP contribution in [0.5, 0.6) is 5.75 Å². The second-order valence-electron chi connectivity index (χ2n) is 4.36. The van der Waals surface area contributed by atoms with Crippen LogP contribution in [0.2, 0.25) is 0 Å². The van der Waals surface area contributed by atoms with Gasteiger partial charge in [-0.2, -0.15) is 0 Å². The molecule has 2 rings (SSSR count). The minimum absolute atomic E-state index is 0.0483. The lowest BCUT2D eigenvalue weighted by Gasteiger charge is -2.12. The highest BCUT2D eigenvalue weighted by molar-refractivity contribution is 5.96. The molecule has 1 heterocycles. The average molecular weight is 255 g/mol. The molecule has 1 aromatic heterocycles. The predicted molar refractivity (Wildman–Crippen MR) is 75.5 cm³/mol. The minimum atomic E-state index is 0.0483. The highest BCUT2D eigenvalue weighted by atomic mass is 16.5. The van der Waals surface area contributed by atoms with Gasteiger partial charge in [-0.3, -0.25) is 9.78 Å². The second kappa shape index (κ2) is 6.14. The van der Waals surface area contributed by atoms with E-state index in [1.165, 1.54) is 0 Å². The van der Waals surface area contributed by atoms with Crippen LogP contribution in [0.3, 0.4) is 0 Å². The lowest BCUT2D eigenvalue weighted by molar-refractivity contribution is 0.101. The lowest BCUT2D eigenvalue weighted by Crippen LogP contribution is -1.99. The smallest absolute Gasteiger partial charge is 0.159 e. The van der Waals surface area contributed by atoms with Crippen molar-refractivity contribution in [2.24, 2.45) is 0 Å². The summed E-state index contributed by atoms with van der Waals surface area (Å²) in [5, 5.41) is 0. The molecular formula is C16H17NO2. The van der Waals surface area contributed by atoms with E-state index in [4.69, 9.17) is 4.74 Å². The van der Waals surface area contributed by atoms with Crippen molar-refractivity contribution < 1.29 is 9.53 Å². The van der Waals surface area contributed by atoms with Crippen molar-refractivity contribution in [2.45, 2.75) is 20.3 Å². The second-order valence-corrected chi connectivity index (χ2v) is 4.36. The molecule has 0 bridgehead atoms. The van der Waals surface area contributed by atoms with E-state index >= 15 is 0 Å². The van der Waals surface area contributed by atoms with Gasteiger partial charge in [0.1, 0.15) is 5.75 Å². The number of Topliss-reactive ketones (excluding diaryl/α,β-unsaturated/α-hetero) is 1. The van der Waals surface area contributed by atoms with Crippen molar-refractivity contribution in [1.29, 1.82) is 0 Å². The van der Waals surface area contributed by atoms with Crippen LogP contribution >= 0.6 is 0 Å². The van der Waals surface area contributed by atoms with Crippen LogP contribution in [-0.4, -0.2) is 17.4 Å². The predicted octanol–water partition coefficient (Wildman–Crippen LogP) is 3.74. The fourth-order valence-corrected chi connectivity index (χ4v) is 1.83. The maximum atomic E-state index is 11.5. The Balaban J connectivity index is 2.47. The summed E-state index contributed by atoms with van der Waals surface area (Å²) >= 11 is 0. The number of ketones is 1. The first kappa shape index (κ1) is 13.3. The number of nitrogens with zero attached hydrogens (tertiary/aromatic N) is 1. The molecule has 0 aliphatic heterocycles. The van der Waals surface area contributed by atoms with Gasteiger partial charge in [0.15, 0.2) is 5.78 Å². The first-order chi connectivity index (χ1) is 9.22. The molecule has 0 fully saturated rings. The number of hydrogen-bond acceptors (Lipinski definition) is 3. The van der Waals surface area contributed by atoms with Gasteiger partial charge < -0.3 is 4.74 Å². The maximum Gasteiger partial charge on any atom is 0.159 e. The Morgan fingerprint density at radius 2 is 2.16 bits per heavy atom. The first-order valence-electron chi connectivity index (χ1n) is 6.40. The number of benzene rings is 1. The topological polar surface area (TPSA) is 39.2 Å². The van der Waals surface area contributed by atoms with Crippen molar-refractivity contribution in [3.63, 3.8) is 0 Å². The van der Waals surface area contributed by atoms with E-state index in [0.29, 0.717) is 12.2 Å². The Bertz CT molecular complexity index is 564. The number of ether oxygens (including phenoxy) is 1. The van der Waals surface area contributed by atoms with Gasteiger partial charge in [-0.1, -0.05) is 13.0 Å². The van der Waals surface area contributed by atoms with Crippen LogP contribution in [0, 0.1) is 0 Å². The van der Waals surface area contributed by atoms with Gasteiger partial charge in [-0.25, -0.2) is 0 Å². The summed E-state index contributed by atoms with van der Waals surface area (Å²) in [6.07, 6.45) is 4.45. The first-order valence-corrected chi connectivity index (χ1v) is 6.40. The number of carbonyl (C=O) groups is 1. The molecule has 2 aromatic rings. The SMILES string of the molecule is CCCOc1ccc(C(C)=O)cc1-c1cccnc1. The molecule has 0 saturated carbocycles. The largest absolute Gasteiger partial charge is 0.493 e. The van der Waals surface area contributed by atoms with Gasteiger partial charge in [0.25, 0.3) is 0 Å². The number of aromatic nitrogens is 1. The van der Waals surface area contributed by atoms with E-state index in [0.717, 1.165) is 23.3 Å². The van der Waals surface area contributed by atoms with Crippen molar-refractivity contribution in [3.05, 3.63) is 48.3 Å². The zero-order valence-corrected chi connectivity index (χ0v) is 11.2. The summed E-state index contributed by atoms with van der Waals surface area (Å²) in [5.74, 6) is 0.840. The summed E-state index contributed by atoms with van der Waals surface area (Å²) in [5.41, 5.74) is 2.55. The Morgan fingerprint density at radius 3 is 2.79 bits per heavy atom. The van der Waals surface area contributed by atoms with E-state index in [2.05, 4.69) is 11.9 Å². The monoisotopic (exact) mass is 255 g/mol. The van der Waals surface area contributed by atoms with Crippen LogP contribution in [0.25, 0.3) is 11.1 Å². The summed E-state index contributed by atoms with van der Waals surface area (Å²) in [7, 11) is 0. The molecule has 3 heteroatoms. The molecule has 0 amide bonds. The summed E-state index contributed by atoms with van der Waals surface area (Å²) < 4.78 is 5.74. The van der Waals surface area contributed by atoms with E-state index in [1.54, 1.807) is 25.4 Å². The Hall–Kier alpha value is -2.16. The molecule has 0 unspecified atom stereocenters. The van der Waals surface area contributed by atoms with Crippen molar-refractivity contribution >= 4 is 5.78 Å². The van der Waals surface area contributed by atoms with Crippen LogP contribution in [0.15, 0.2) is 42.7 Å². The fraction of sp³-hybridized carbons (Fsp3) is 0.250.